The first-order valence-electron chi connectivity index (χ1n) is 6.53. The van der Waals surface area contributed by atoms with Crippen LogP contribution in [0.2, 0.25) is 0 Å². The predicted octanol–water partition coefficient (Wildman–Crippen LogP) is 0.291. The Hall–Kier alpha value is -1.80. The highest BCUT2D eigenvalue weighted by molar-refractivity contribution is 7.13. The summed E-state index contributed by atoms with van der Waals surface area (Å²) in [4.78, 5) is 22.6. The molecule has 1 fully saturated rings. The van der Waals surface area contributed by atoms with E-state index in [4.69, 9.17) is 0 Å². The van der Waals surface area contributed by atoms with Crippen LogP contribution < -0.4 is 5.32 Å². The molecule has 2 aromatic rings. The van der Waals surface area contributed by atoms with E-state index in [9.17, 15) is 4.79 Å². The number of piperazine rings is 1. The fourth-order valence-corrected chi connectivity index (χ4v) is 2.99. The van der Waals surface area contributed by atoms with E-state index in [0.717, 1.165) is 30.3 Å². The zero-order chi connectivity index (χ0) is 13.9. The molecule has 0 aromatic carbocycles. The maximum atomic E-state index is 12.2. The Morgan fingerprint density at radius 2 is 2.50 bits per heavy atom. The molecule has 0 aliphatic carbocycles. The van der Waals surface area contributed by atoms with E-state index in [1.54, 1.807) is 0 Å². The molecular weight excluding hydrogens is 276 g/mol. The Kier molecular flexibility index (Phi) is 3.75. The van der Waals surface area contributed by atoms with Crippen LogP contribution in [0.25, 0.3) is 10.8 Å². The minimum absolute atomic E-state index is 0.132. The lowest BCUT2D eigenvalue weighted by atomic mass is 10.2. The molecule has 7 nitrogen and oxygen atoms in total. The minimum atomic E-state index is 0.132. The van der Waals surface area contributed by atoms with Crippen molar-refractivity contribution in [3.63, 3.8) is 0 Å². The van der Waals surface area contributed by atoms with Gasteiger partial charge in [-0.25, -0.2) is 9.97 Å². The minimum Gasteiger partial charge on any atom is -0.340 e. The van der Waals surface area contributed by atoms with Gasteiger partial charge in [-0.3, -0.25) is 9.89 Å². The standard InChI is InChI=1S/C12H16N6OS/c1-8-5-18(3-2-13-8)10(19)4-9-6-20-12(16-9)11-14-7-15-17-11/h6-8,13H,2-5H2,1H3,(H,14,15,17)/t8-/m0/s1. The van der Waals surface area contributed by atoms with Crippen LogP contribution in [0.4, 0.5) is 0 Å². The molecule has 2 aromatic heterocycles. The lowest BCUT2D eigenvalue weighted by Crippen LogP contribution is -2.51. The van der Waals surface area contributed by atoms with Crippen molar-refractivity contribution in [3.8, 4) is 10.8 Å². The second-order valence-corrected chi connectivity index (χ2v) is 5.71. The number of aromatic amines is 1. The van der Waals surface area contributed by atoms with Gasteiger partial charge in [0.1, 0.15) is 6.33 Å². The first kappa shape index (κ1) is 13.2. The Balaban J connectivity index is 1.64. The van der Waals surface area contributed by atoms with Crippen LogP contribution in [0, 0.1) is 0 Å². The molecule has 0 spiro atoms. The molecule has 8 heteroatoms. The highest BCUT2D eigenvalue weighted by Gasteiger charge is 2.21. The molecule has 2 N–H and O–H groups in total. The second kappa shape index (κ2) is 5.68. The molecule has 20 heavy (non-hydrogen) atoms. The zero-order valence-corrected chi connectivity index (χ0v) is 12.0. The average Bonchev–Trinajstić information content (AvgIpc) is 3.08. The summed E-state index contributed by atoms with van der Waals surface area (Å²) in [6, 6.07) is 0.355. The summed E-state index contributed by atoms with van der Waals surface area (Å²) in [6.45, 7) is 4.47. The topological polar surface area (TPSA) is 86.8 Å². The van der Waals surface area contributed by atoms with Crippen LogP contribution in [0.15, 0.2) is 11.7 Å². The van der Waals surface area contributed by atoms with Gasteiger partial charge in [0.25, 0.3) is 0 Å². The SMILES string of the molecule is C[C@H]1CN(C(=O)Cc2csc(-c3ncn[nH]3)n2)CCN1. The number of amides is 1. The summed E-state index contributed by atoms with van der Waals surface area (Å²) in [6.07, 6.45) is 1.79. The van der Waals surface area contributed by atoms with Crippen molar-refractivity contribution >= 4 is 17.2 Å². The molecule has 3 heterocycles. The summed E-state index contributed by atoms with van der Waals surface area (Å²) in [5, 5.41) is 12.6. The quantitative estimate of drug-likeness (QED) is 0.849. The van der Waals surface area contributed by atoms with Gasteiger partial charge in [0.2, 0.25) is 5.91 Å². The fourth-order valence-electron chi connectivity index (χ4n) is 2.23. The van der Waals surface area contributed by atoms with E-state index < -0.39 is 0 Å². The van der Waals surface area contributed by atoms with Gasteiger partial charge in [-0.15, -0.1) is 11.3 Å². The van der Waals surface area contributed by atoms with E-state index >= 15 is 0 Å². The van der Waals surface area contributed by atoms with Gasteiger partial charge in [-0.05, 0) is 6.92 Å². The van der Waals surface area contributed by atoms with Crippen molar-refractivity contribution in [2.24, 2.45) is 0 Å². The normalized spacial score (nSPS) is 19.2. The van der Waals surface area contributed by atoms with Crippen molar-refractivity contribution in [2.45, 2.75) is 19.4 Å². The Labute approximate surface area is 120 Å². The number of hydrogen-bond acceptors (Lipinski definition) is 6. The number of rotatable bonds is 3. The van der Waals surface area contributed by atoms with Crippen molar-refractivity contribution in [3.05, 3.63) is 17.4 Å². The molecule has 1 amide bonds. The van der Waals surface area contributed by atoms with Crippen molar-refractivity contribution in [1.29, 1.82) is 0 Å². The monoisotopic (exact) mass is 292 g/mol. The number of H-pyrrole nitrogens is 1. The summed E-state index contributed by atoms with van der Waals surface area (Å²) in [5.41, 5.74) is 0.789. The maximum absolute atomic E-state index is 12.2. The van der Waals surface area contributed by atoms with E-state index in [1.165, 1.54) is 17.7 Å². The molecular formula is C12H16N6OS. The summed E-state index contributed by atoms with van der Waals surface area (Å²) >= 11 is 1.47. The number of thiazole rings is 1. The van der Waals surface area contributed by atoms with Gasteiger partial charge in [0, 0.05) is 31.1 Å². The van der Waals surface area contributed by atoms with Gasteiger partial charge in [0.15, 0.2) is 10.8 Å². The summed E-state index contributed by atoms with van der Waals surface area (Å²) in [5.74, 6) is 0.775. The Bertz CT molecular complexity index is 581. The lowest BCUT2D eigenvalue weighted by molar-refractivity contribution is -0.131. The average molecular weight is 292 g/mol. The van der Waals surface area contributed by atoms with Crippen LogP contribution in [0.5, 0.6) is 0 Å². The first-order valence-corrected chi connectivity index (χ1v) is 7.41. The second-order valence-electron chi connectivity index (χ2n) is 4.85. The van der Waals surface area contributed by atoms with Gasteiger partial charge in [-0.2, -0.15) is 5.10 Å². The molecule has 1 aliphatic rings. The van der Waals surface area contributed by atoms with Crippen molar-refractivity contribution < 1.29 is 4.79 Å². The first-order chi connectivity index (χ1) is 9.72. The highest BCUT2D eigenvalue weighted by Crippen LogP contribution is 2.20. The third-order valence-corrected chi connectivity index (χ3v) is 4.12. The maximum Gasteiger partial charge on any atom is 0.228 e. The number of carbonyl (C=O) groups excluding carboxylic acids is 1. The van der Waals surface area contributed by atoms with Gasteiger partial charge in [0.05, 0.1) is 12.1 Å². The van der Waals surface area contributed by atoms with E-state index in [-0.39, 0.29) is 5.91 Å². The van der Waals surface area contributed by atoms with Crippen molar-refractivity contribution in [1.82, 2.24) is 30.4 Å². The largest absolute Gasteiger partial charge is 0.340 e. The molecule has 3 rings (SSSR count). The zero-order valence-electron chi connectivity index (χ0n) is 11.2. The van der Waals surface area contributed by atoms with Crippen molar-refractivity contribution in [2.75, 3.05) is 19.6 Å². The summed E-state index contributed by atoms with van der Waals surface area (Å²) < 4.78 is 0. The number of nitrogens with one attached hydrogen (secondary N) is 2. The van der Waals surface area contributed by atoms with Gasteiger partial charge in [-0.1, -0.05) is 0 Å². The number of hydrogen-bond donors (Lipinski definition) is 2. The van der Waals surface area contributed by atoms with Crippen LogP contribution >= 0.6 is 11.3 Å². The number of carbonyl (C=O) groups is 1. The third kappa shape index (κ3) is 2.86. The Morgan fingerprint density at radius 3 is 3.25 bits per heavy atom. The van der Waals surface area contributed by atoms with Crippen LogP contribution in [0.1, 0.15) is 12.6 Å². The van der Waals surface area contributed by atoms with E-state index in [2.05, 4.69) is 32.4 Å². The Morgan fingerprint density at radius 1 is 1.60 bits per heavy atom. The summed E-state index contributed by atoms with van der Waals surface area (Å²) in [7, 11) is 0. The third-order valence-electron chi connectivity index (χ3n) is 3.22. The molecule has 0 unspecified atom stereocenters. The highest BCUT2D eigenvalue weighted by atomic mass is 32.1. The smallest absolute Gasteiger partial charge is 0.228 e. The molecule has 0 radical (unpaired) electrons. The number of aromatic nitrogens is 4. The molecule has 0 saturated carbocycles. The predicted molar refractivity (Wildman–Crippen MR) is 75.2 cm³/mol. The fraction of sp³-hybridized carbons (Fsp3) is 0.500. The molecule has 1 aliphatic heterocycles. The van der Waals surface area contributed by atoms with E-state index in [1.807, 2.05) is 10.3 Å². The lowest BCUT2D eigenvalue weighted by Gasteiger charge is -2.31. The van der Waals surface area contributed by atoms with Crippen LogP contribution in [-0.2, 0) is 11.2 Å². The molecule has 106 valence electrons. The number of nitrogens with zero attached hydrogens (tertiary/aromatic N) is 4. The van der Waals surface area contributed by atoms with Gasteiger partial charge >= 0.3 is 0 Å². The van der Waals surface area contributed by atoms with Crippen LogP contribution in [-0.4, -0.2) is 56.6 Å². The van der Waals surface area contributed by atoms with E-state index in [0.29, 0.717) is 18.3 Å². The van der Waals surface area contributed by atoms with Crippen LogP contribution in [0.3, 0.4) is 0 Å². The molecule has 1 atom stereocenters. The van der Waals surface area contributed by atoms with Gasteiger partial charge < -0.3 is 10.2 Å². The molecule has 1 saturated heterocycles. The molecule has 0 bridgehead atoms.